The van der Waals surface area contributed by atoms with Gasteiger partial charge >= 0.3 is 0 Å². The first-order valence-electron chi connectivity index (χ1n) is 10.0. The van der Waals surface area contributed by atoms with E-state index < -0.39 is 0 Å². The van der Waals surface area contributed by atoms with Crippen molar-refractivity contribution in [3.05, 3.63) is 101 Å². The number of fused-ring (bicyclic) bond motifs is 1. The molecule has 0 atom stereocenters. The molecule has 3 aromatic rings. The monoisotopic (exact) mass is 414 g/mol. The summed E-state index contributed by atoms with van der Waals surface area (Å²) in [5, 5.41) is 0. The molecular formula is C25H22N2O4. The van der Waals surface area contributed by atoms with Gasteiger partial charge in [-0.2, -0.15) is 0 Å². The van der Waals surface area contributed by atoms with Gasteiger partial charge in [0.2, 0.25) is 0 Å². The minimum atomic E-state index is -0.381. The van der Waals surface area contributed by atoms with Gasteiger partial charge in [-0.3, -0.25) is 19.3 Å². The molecule has 156 valence electrons. The Kier molecular flexibility index (Phi) is 5.80. The Bertz CT molecular complexity index is 1110. The van der Waals surface area contributed by atoms with Crippen LogP contribution in [0.25, 0.3) is 0 Å². The van der Waals surface area contributed by atoms with E-state index >= 15 is 0 Å². The topological polar surface area (TPSA) is 66.9 Å². The molecule has 0 radical (unpaired) electrons. The lowest BCUT2D eigenvalue weighted by molar-refractivity contribution is 0.0642. The predicted molar refractivity (Wildman–Crippen MR) is 116 cm³/mol. The van der Waals surface area contributed by atoms with Gasteiger partial charge in [-0.15, -0.1) is 0 Å². The molecule has 0 saturated carbocycles. The normalized spacial score (nSPS) is 12.6. The molecule has 1 aliphatic heterocycles. The summed E-state index contributed by atoms with van der Waals surface area (Å²) in [7, 11) is 1.68. The van der Waals surface area contributed by atoms with Crippen molar-refractivity contribution in [3.63, 3.8) is 0 Å². The second-order valence-electron chi connectivity index (χ2n) is 7.33. The Labute approximate surface area is 180 Å². The van der Waals surface area contributed by atoms with Crippen molar-refractivity contribution in [2.45, 2.75) is 6.54 Å². The molecule has 4 rings (SSSR count). The van der Waals surface area contributed by atoms with Crippen molar-refractivity contribution >= 4 is 17.7 Å². The summed E-state index contributed by atoms with van der Waals surface area (Å²) < 4.78 is 5.64. The molecule has 0 aromatic heterocycles. The average molecular weight is 414 g/mol. The van der Waals surface area contributed by atoms with E-state index in [0.29, 0.717) is 24.3 Å². The second kappa shape index (κ2) is 8.83. The first-order valence-corrected chi connectivity index (χ1v) is 10.0. The highest BCUT2D eigenvalue weighted by Gasteiger charge is 2.36. The van der Waals surface area contributed by atoms with Crippen LogP contribution in [-0.2, 0) is 6.54 Å². The summed E-state index contributed by atoms with van der Waals surface area (Å²) in [5.41, 5.74) is 1.82. The lowest BCUT2D eigenvalue weighted by Gasteiger charge is -2.18. The van der Waals surface area contributed by atoms with Crippen LogP contribution in [-0.4, -0.2) is 47.7 Å². The Hall–Kier alpha value is -3.93. The fourth-order valence-electron chi connectivity index (χ4n) is 3.47. The Morgan fingerprint density at radius 1 is 0.871 bits per heavy atom. The maximum absolute atomic E-state index is 12.8. The van der Waals surface area contributed by atoms with Crippen molar-refractivity contribution in [1.82, 2.24) is 9.80 Å². The summed E-state index contributed by atoms with van der Waals surface area (Å²) in [6.07, 6.45) is 0. The van der Waals surface area contributed by atoms with E-state index in [-0.39, 0.29) is 29.8 Å². The molecule has 0 fully saturated rings. The molecule has 0 unspecified atom stereocenters. The van der Waals surface area contributed by atoms with Gasteiger partial charge in [0.1, 0.15) is 12.4 Å². The minimum absolute atomic E-state index is 0.202. The van der Waals surface area contributed by atoms with Crippen LogP contribution >= 0.6 is 0 Å². The standard InChI is InChI=1S/C25H22N2O4/c1-26(14-15-31-20-10-6-3-7-11-20)23(28)19-12-13-21-22(16-19)25(30)27(24(21)29)17-18-8-4-2-5-9-18/h2-13,16H,14-15,17H2,1H3. The summed E-state index contributed by atoms with van der Waals surface area (Å²) in [6.45, 7) is 0.935. The van der Waals surface area contributed by atoms with Crippen LogP contribution in [0.1, 0.15) is 36.6 Å². The molecule has 31 heavy (non-hydrogen) atoms. The zero-order chi connectivity index (χ0) is 21.8. The van der Waals surface area contributed by atoms with Crippen LogP contribution in [0, 0.1) is 0 Å². The third-order valence-electron chi connectivity index (χ3n) is 5.19. The highest BCUT2D eigenvalue weighted by atomic mass is 16.5. The molecule has 1 heterocycles. The first kappa shape index (κ1) is 20.3. The molecule has 6 nitrogen and oxygen atoms in total. The number of amides is 3. The van der Waals surface area contributed by atoms with Gasteiger partial charge in [0.05, 0.1) is 24.2 Å². The number of carbonyl (C=O) groups excluding carboxylic acids is 3. The maximum atomic E-state index is 12.8. The quantitative estimate of drug-likeness (QED) is 0.554. The van der Waals surface area contributed by atoms with E-state index in [4.69, 9.17) is 4.74 Å². The molecule has 0 spiro atoms. The van der Waals surface area contributed by atoms with Crippen LogP contribution in [0.3, 0.4) is 0 Å². The molecule has 3 aromatic carbocycles. The third-order valence-corrected chi connectivity index (χ3v) is 5.19. The number of likely N-dealkylation sites (N-methyl/N-ethyl adjacent to an activating group) is 1. The Morgan fingerprint density at radius 2 is 1.52 bits per heavy atom. The molecule has 0 aliphatic carbocycles. The van der Waals surface area contributed by atoms with Crippen LogP contribution in [0.4, 0.5) is 0 Å². The van der Waals surface area contributed by atoms with Gasteiger partial charge in [-0.05, 0) is 35.9 Å². The van der Waals surface area contributed by atoms with Crippen LogP contribution in [0.15, 0.2) is 78.9 Å². The average Bonchev–Trinajstić information content (AvgIpc) is 3.04. The molecule has 1 aliphatic rings. The van der Waals surface area contributed by atoms with Gasteiger partial charge in [-0.1, -0.05) is 48.5 Å². The number of hydrogen-bond donors (Lipinski definition) is 0. The smallest absolute Gasteiger partial charge is 0.261 e. The maximum Gasteiger partial charge on any atom is 0.261 e. The van der Waals surface area contributed by atoms with Gasteiger partial charge in [0.15, 0.2) is 0 Å². The van der Waals surface area contributed by atoms with Gasteiger partial charge < -0.3 is 9.64 Å². The van der Waals surface area contributed by atoms with E-state index in [2.05, 4.69) is 0 Å². The zero-order valence-electron chi connectivity index (χ0n) is 17.2. The lowest BCUT2D eigenvalue weighted by atomic mass is 10.1. The number of nitrogens with zero attached hydrogens (tertiary/aromatic N) is 2. The Balaban J connectivity index is 1.43. The predicted octanol–water partition coefficient (Wildman–Crippen LogP) is 3.63. The number of hydrogen-bond acceptors (Lipinski definition) is 4. The van der Waals surface area contributed by atoms with Crippen molar-refractivity contribution in [2.75, 3.05) is 20.2 Å². The molecule has 3 amide bonds. The van der Waals surface area contributed by atoms with Crippen LogP contribution in [0.2, 0.25) is 0 Å². The number of carbonyl (C=O) groups is 3. The number of rotatable bonds is 7. The summed E-state index contributed by atoms with van der Waals surface area (Å²) in [6, 6.07) is 23.4. The van der Waals surface area contributed by atoms with Gasteiger partial charge in [0.25, 0.3) is 17.7 Å². The molecule has 6 heteroatoms. The summed E-state index contributed by atoms with van der Waals surface area (Å²) in [4.78, 5) is 41.1. The number of para-hydroxylation sites is 1. The van der Waals surface area contributed by atoms with E-state index in [9.17, 15) is 14.4 Å². The summed E-state index contributed by atoms with van der Waals surface area (Å²) in [5.74, 6) is -0.217. The minimum Gasteiger partial charge on any atom is -0.492 e. The van der Waals surface area contributed by atoms with E-state index in [1.165, 1.54) is 15.9 Å². The SMILES string of the molecule is CN(CCOc1ccccc1)C(=O)c1ccc2c(c1)C(=O)N(Cc1ccccc1)C2=O. The largest absolute Gasteiger partial charge is 0.492 e. The number of ether oxygens (including phenoxy) is 1. The van der Waals surface area contributed by atoms with E-state index in [0.717, 1.165) is 11.3 Å². The molecule has 0 saturated heterocycles. The number of benzene rings is 3. The van der Waals surface area contributed by atoms with Crippen molar-refractivity contribution < 1.29 is 19.1 Å². The fourth-order valence-corrected chi connectivity index (χ4v) is 3.47. The third kappa shape index (κ3) is 4.33. The summed E-state index contributed by atoms with van der Waals surface area (Å²) >= 11 is 0. The Morgan fingerprint density at radius 3 is 2.23 bits per heavy atom. The zero-order valence-corrected chi connectivity index (χ0v) is 17.2. The molecule has 0 bridgehead atoms. The lowest BCUT2D eigenvalue weighted by Crippen LogP contribution is -2.31. The highest BCUT2D eigenvalue weighted by Crippen LogP contribution is 2.26. The van der Waals surface area contributed by atoms with Crippen molar-refractivity contribution in [3.8, 4) is 5.75 Å². The second-order valence-corrected chi connectivity index (χ2v) is 7.33. The van der Waals surface area contributed by atoms with Gasteiger partial charge in [0, 0.05) is 12.6 Å². The van der Waals surface area contributed by atoms with Crippen LogP contribution < -0.4 is 4.74 Å². The van der Waals surface area contributed by atoms with E-state index in [1.807, 2.05) is 60.7 Å². The molecular weight excluding hydrogens is 392 g/mol. The van der Waals surface area contributed by atoms with E-state index in [1.54, 1.807) is 19.2 Å². The molecule has 0 N–H and O–H groups in total. The van der Waals surface area contributed by atoms with Crippen molar-refractivity contribution in [2.24, 2.45) is 0 Å². The van der Waals surface area contributed by atoms with Crippen LogP contribution in [0.5, 0.6) is 5.75 Å². The number of imide groups is 1. The van der Waals surface area contributed by atoms with Crippen molar-refractivity contribution in [1.29, 1.82) is 0 Å². The fraction of sp³-hybridized carbons (Fsp3) is 0.160. The van der Waals surface area contributed by atoms with Gasteiger partial charge in [-0.25, -0.2) is 0 Å². The first-order chi connectivity index (χ1) is 15.0. The highest BCUT2D eigenvalue weighted by molar-refractivity contribution is 6.22.